The van der Waals surface area contributed by atoms with Crippen LogP contribution in [0.2, 0.25) is 0 Å². The number of rotatable bonds is 0. The minimum atomic E-state index is 0.230. The zero-order chi connectivity index (χ0) is 9.42. The van der Waals surface area contributed by atoms with E-state index in [1.807, 2.05) is 18.2 Å². The van der Waals surface area contributed by atoms with Gasteiger partial charge in [-0.25, -0.2) is 0 Å². The molecule has 70 valence electrons. The smallest absolute Gasteiger partial charge is 0.142 e. The average molecular weight is 242 g/mol. The Morgan fingerprint density at radius 3 is 2.92 bits per heavy atom. The van der Waals surface area contributed by atoms with Crippen molar-refractivity contribution in [3.63, 3.8) is 0 Å². The molecule has 13 heavy (non-hydrogen) atoms. The first-order valence-electron chi connectivity index (χ1n) is 4.39. The molecule has 1 aliphatic rings. The summed E-state index contributed by atoms with van der Waals surface area (Å²) < 4.78 is 6.79. The van der Waals surface area contributed by atoms with Gasteiger partial charge in [0.25, 0.3) is 0 Å². The van der Waals surface area contributed by atoms with Crippen molar-refractivity contribution in [2.75, 3.05) is 5.32 Å². The zero-order valence-electron chi connectivity index (χ0n) is 7.67. The van der Waals surface area contributed by atoms with E-state index in [9.17, 15) is 0 Å². The highest BCUT2D eigenvalue weighted by Crippen LogP contribution is 2.33. The maximum absolute atomic E-state index is 5.72. The predicted octanol–water partition coefficient (Wildman–Crippen LogP) is 3.03. The standard InChI is InChI=1S/C10H12BrNO/c1-6-7(2)13-10-4-3-8(11)5-9(10)12-6/h3-7,12H,1-2H3. The molecular formula is C10H12BrNO. The lowest BCUT2D eigenvalue weighted by atomic mass is 10.1. The fourth-order valence-corrected chi connectivity index (χ4v) is 1.74. The summed E-state index contributed by atoms with van der Waals surface area (Å²) in [4.78, 5) is 0. The molecule has 0 fully saturated rings. The number of hydrogen-bond acceptors (Lipinski definition) is 2. The minimum absolute atomic E-state index is 0.230. The van der Waals surface area contributed by atoms with Crippen LogP contribution in [0.4, 0.5) is 5.69 Å². The number of ether oxygens (including phenoxy) is 1. The maximum Gasteiger partial charge on any atom is 0.142 e. The van der Waals surface area contributed by atoms with E-state index in [0.717, 1.165) is 15.9 Å². The molecule has 1 heterocycles. The highest BCUT2D eigenvalue weighted by Gasteiger charge is 2.21. The predicted molar refractivity (Wildman–Crippen MR) is 57.3 cm³/mol. The second-order valence-electron chi connectivity index (χ2n) is 3.40. The molecule has 2 rings (SSSR count). The van der Waals surface area contributed by atoms with Crippen molar-refractivity contribution in [2.45, 2.75) is 26.0 Å². The van der Waals surface area contributed by atoms with Crippen LogP contribution < -0.4 is 10.1 Å². The number of fused-ring (bicyclic) bond motifs is 1. The van der Waals surface area contributed by atoms with Crippen LogP contribution in [0.25, 0.3) is 0 Å². The van der Waals surface area contributed by atoms with Crippen molar-refractivity contribution >= 4 is 21.6 Å². The Morgan fingerprint density at radius 1 is 1.38 bits per heavy atom. The fourth-order valence-electron chi connectivity index (χ4n) is 1.38. The van der Waals surface area contributed by atoms with Crippen LogP contribution in [-0.2, 0) is 0 Å². The minimum Gasteiger partial charge on any atom is -0.486 e. The van der Waals surface area contributed by atoms with Crippen LogP contribution >= 0.6 is 15.9 Å². The summed E-state index contributed by atoms with van der Waals surface area (Å²) in [7, 11) is 0. The lowest BCUT2D eigenvalue weighted by Gasteiger charge is -2.30. The summed E-state index contributed by atoms with van der Waals surface area (Å²) in [6.45, 7) is 4.19. The molecular weight excluding hydrogens is 230 g/mol. The van der Waals surface area contributed by atoms with Crippen molar-refractivity contribution in [3.8, 4) is 5.75 Å². The van der Waals surface area contributed by atoms with Gasteiger partial charge in [0.2, 0.25) is 0 Å². The number of nitrogens with one attached hydrogen (secondary N) is 1. The largest absolute Gasteiger partial charge is 0.486 e. The van der Waals surface area contributed by atoms with Gasteiger partial charge in [-0.1, -0.05) is 15.9 Å². The van der Waals surface area contributed by atoms with Crippen molar-refractivity contribution in [2.24, 2.45) is 0 Å². The molecule has 0 bridgehead atoms. The third kappa shape index (κ3) is 1.66. The van der Waals surface area contributed by atoms with E-state index in [2.05, 4.69) is 35.1 Å². The van der Waals surface area contributed by atoms with Gasteiger partial charge in [0.1, 0.15) is 11.9 Å². The fraction of sp³-hybridized carbons (Fsp3) is 0.400. The van der Waals surface area contributed by atoms with Crippen LogP contribution in [-0.4, -0.2) is 12.1 Å². The van der Waals surface area contributed by atoms with Crippen LogP contribution in [0.1, 0.15) is 13.8 Å². The number of anilines is 1. The van der Waals surface area contributed by atoms with Crippen molar-refractivity contribution in [1.82, 2.24) is 0 Å². The Hall–Kier alpha value is -0.700. The molecule has 2 nitrogen and oxygen atoms in total. The number of benzene rings is 1. The van der Waals surface area contributed by atoms with Crippen LogP contribution in [0, 0.1) is 0 Å². The molecule has 1 N–H and O–H groups in total. The van der Waals surface area contributed by atoms with Gasteiger partial charge in [0, 0.05) is 4.47 Å². The van der Waals surface area contributed by atoms with E-state index < -0.39 is 0 Å². The van der Waals surface area contributed by atoms with E-state index in [0.29, 0.717) is 6.04 Å². The van der Waals surface area contributed by atoms with Gasteiger partial charge in [0.05, 0.1) is 11.7 Å². The number of halogens is 1. The molecule has 0 saturated carbocycles. The monoisotopic (exact) mass is 241 g/mol. The van der Waals surface area contributed by atoms with E-state index in [-0.39, 0.29) is 6.10 Å². The average Bonchev–Trinajstić information content (AvgIpc) is 2.08. The van der Waals surface area contributed by atoms with Crippen LogP contribution in [0.3, 0.4) is 0 Å². The van der Waals surface area contributed by atoms with Crippen LogP contribution in [0.15, 0.2) is 22.7 Å². The molecule has 1 aliphatic heterocycles. The Bertz CT molecular complexity index is 327. The first-order chi connectivity index (χ1) is 6.16. The molecule has 0 aromatic heterocycles. The summed E-state index contributed by atoms with van der Waals surface area (Å²) in [5.74, 6) is 0.939. The van der Waals surface area contributed by atoms with E-state index >= 15 is 0 Å². The molecule has 3 heteroatoms. The molecule has 0 spiro atoms. The first kappa shape index (κ1) is 8.88. The van der Waals surface area contributed by atoms with E-state index in [1.54, 1.807) is 0 Å². The Labute approximate surface area is 86.4 Å². The van der Waals surface area contributed by atoms with Gasteiger partial charge < -0.3 is 10.1 Å². The second-order valence-corrected chi connectivity index (χ2v) is 4.31. The highest BCUT2D eigenvalue weighted by atomic mass is 79.9. The van der Waals surface area contributed by atoms with Gasteiger partial charge in [-0.05, 0) is 32.0 Å². The molecule has 1 aromatic rings. The quantitative estimate of drug-likeness (QED) is 0.754. The normalized spacial score (nSPS) is 25.8. The summed E-state index contributed by atoms with van der Waals surface area (Å²) in [6, 6.07) is 6.37. The third-order valence-corrected chi connectivity index (χ3v) is 2.84. The summed E-state index contributed by atoms with van der Waals surface area (Å²) in [5.41, 5.74) is 1.07. The summed E-state index contributed by atoms with van der Waals surface area (Å²) >= 11 is 3.43. The molecule has 0 saturated heterocycles. The van der Waals surface area contributed by atoms with Crippen molar-refractivity contribution in [1.29, 1.82) is 0 Å². The highest BCUT2D eigenvalue weighted by molar-refractivity contribution is 9.10. The zero-order valence-corrected chi connectivity index (χ0v) is 9.26. The van der Waals surface area contributed by atoms with E-state index in [4.69, 9.17) is 4.74 Å². The Kier molecular flexibility index (Phi) is 2.20. The lowest BCUT2D eigenvalue weighted by Crippen LogP contribution is -2.36. The van der Waals surface area contributed by atoms with E-state index in [1.165, 1.54) is 0 Å². The third-order valence-electron chi connectivity index (χ3n) is 2.34. The molecule has 0 amide bonds. The molecule has 0 radical (unpaired) electrons. The van der Waals surface area contributed by atoms with Gasteiger partial charge in [-0.15, -0.1) is 0 Å². The molecule has 1 aromatic carbocycles. The first-order valence-corrected chi connectivity index (χ1v) is 5.19. The van der Waals surface area contributed by atoms with Gasteiger partial charge in [-0.3, -0.25) is 0 Å². The van der Waals surface area contributed by atoms with Gasteiger partial charge in [-0.2, -0.15) is 0 Å². The summed E-state index contributed by atoms with van der Waals surface area (Å²) in [5, 5.41) is 3.40. The SMILES string of the molecule is CC1Nc2cc(Br)ccc2OC1C. The second kappa shape index (κ2) is 3.22. The number of hydrogen-bond donors (Lipinski definition) is 1. The van der Waals surface area contributed by atoms with Crippen molar-refractivity contribution in [3.05, 3.63) is 22.7 Å². The Balaban J connectivity index is 2.37. The van der Waals surface area contributed by atoms with Crippen molar-refractivity contribution < 1.29 is 4.74 Å². The van der Waals surface area contributed by atoms with Crippen LogP contribution in [0.5, 0.6) is 5.75 Å². The maximum atomic E-state index is 5.72. The molecule has 2 unspecified atom stereocenters. The molecule has 2 atom stereocenters. The Morgan fingerprint density at radius 2 is 2.15 bits per heavy atom. The van der Waals surface area contributed by atoms with Gasteiger partial charge >= 0.3 is 0 Å². The lowest BCUT2D eigenvalue weighted by molar-refractivity contribution is 0.193. The topological polar surface area (TPSA) is 21.3 Å². The summed E-state index contributed by atoms with van der Waals surface area (Å²) in [6.07, 6.45) is 0.230. The molecule has 0 aliphatic carbocycles. The van der Waals surface area contributed by atoms with Gasteiger partial charge in [0.15, 0.2) is 0 Å².